The van der Waals surface area contributed by atoms with Crippen molar-refractivity contribution in [3.05, 3.63) is 23.3 Å². The molecule has 1 aliphatic carbocycles. The average molecular weight is 201 g/mol. The van der Waals surface area contributed by atoms with Crippen LogP contribution in [0.3, 0.4) is 0 Å². The van der Waals surface area contributed by atoms with Crippen molar-refractivity contribution in [2.75, 3.05) is 5.33 Å². The van der Waals surface area contributed by atoms with Crippen LogP contribution in [-0.2, 0) is 0 Å². The van der Waals surface area contributed by atoms with Gasteiger partial charge in [-0.05, 0) is 26.2 Å². The van der Waals surface area contributed by atoms with E-state index >= 15 is 0 Å². The summed E-state index contributed by atoms with van der Waals surface area (Å²) < 4.78 is 0. The molecule has 0 aromatic heterocycles. The zero-order valence-corrected chi connectivity index (χ0v) is 7.95. The first kappa shape index (κ1) is 8.06. The fraction of sp³-hybridized carbons (Fsp3) is 0.556. The van der Waals surface area contributed by atoms with Crippen molar-refractivity contribution in [1.82, 2.24) is 0 Å². The Bertz CT molecular complexity index is 162. The van der Waals surface area contributed by atoms with E-state index in [0.717, 1.165) is 5.33 Å². The molecule has 0 amide bonds. The molecule has 0 radical (unpaired) electrons. The largest absolute Gasteiger partial charge is 0.0925 e. The summed E-state index contributed by atoms with van der Waals surface area (Å²) >= 11 is 3.44. The zero-order chi connectivity index (χ0) is 7.40. The van der Waals surface area contributed by atoms with Gasteiger partial charge in [-0.2, -0.15) is 0 Å². The monoisotopic (exact) mass is 200 g/mol. The molecule has 0 nitrogen and oxygen atoms in total. The van der Waals surface area contributed by atoms with Crippen LogP contribution in [0.5, 0.6) is 0 Å². The highest BCUT2D eigenvalue weighted by molar-refractivity contribution is 9.09. The Balaban J connectivity index is 2.47. The van der Waals surface area contributed by atoms with Gasteiger partial charge >= 0.3 is 0 Å². The van der Waals surface area contributed by atoms with E-state index in [4.69, 9.17) is 0 Å². The molecule has 0 spiro atoms. The van der Waals surface area contributed by atoms with Crippen LogP contribution in [0, 0.1) is 0 Å². The van der Waals surface area contributed by atoms with E-state index in [2.05, 4.69) is 35.0 Å². The molecule has 56 valence electrons. The molecule has 0 unspecified atom stereocenters. The predicted octanol–water partition coefficient (Wildman–Crippen LogP) is 3.44. The van der Waals surface area contributed by atoms with Gasteiger partial charge in [0, 0.05) is 5.33 Å². The number of allylic oxidation sites excluding steroid dienone is 4. The van der Waals surface area contributed by atoms with Gasteiger partial charge in [-0.1, -0.05) is 39.2 Å². The smallest absolute Gasteiger partial charge is 0.00686 e. The maximum absolute atomic E-state index is 3.44. The Hall–Kier alpha value is -0.0400. The average Bonchev–Trinajstić information content (AvgIpc) is 1.95. The first-order valence-electron chi connectivity index (χ1n) is 3.74. The van der Waals surface area contributed by atoms with Gasteiger partial charge in [-0.3, -0.25) is 0 Å². The lowest BCUT2D eigenvalue weighted by molar-refractivity contribution is 0.863. The van der Waals surface area contributed by atoms with Crippen molar-refractivity contribution in [2.24, 2.45) is 0 Å². The van der Waals surface area contributed by atoms with Crippen LogP contribution in [-0.4, -0.2) is 5.33 Å². The Kier molecular flexibility index (Phi) is 3.20. The highest BCUT2D eigenvalue weighted by Crippen LogP contribution is 2.20. The predicted molar refractivity (Wildman–Crippen MR) is 49.5 cm³/mol. The van der Waals surface area contributed by atoms with Crippen LogP contribution in [0.15, 0.2) is 23.3 Å². The molecule has 0 aliphatic heterocycles. The van der Waals surface area contributed by atoms with E-state index in [9.17, 15) is 0 Å². The van der Waals surface area contributed by atoms with Gasteiger partial charge in [-0.15, -0.1) is 0 Å². The van der Waals surface area contributed by atoms with Gasteiger partial charge in [0.2, 0.25) is 0 Å². The van der Waals surface area contributed by atoms with Crippen molar-refractivity contribution in [1.29, 1.82) is 0 Å². The molecule has 0 fully saturated rings. The minimum Gasteiger partial charge on any atom is -0.0925 e. The second-order valence-electron chi connectivity index (χ2n) is 2.78. The minimum absolute atomic E-state index is 1.10. The third-order valence-electron chi connectivity index (χ3n) is 1.86. The van der Waals surface area contributed by atoms with Gasteiger partial charge in [0.15, 0.2) is 0 Å². The summed E-state index contributed by atoms with van der Waals surface area (Å²) in [7, 11) is 0. The van der Waals surface area contributed by atoms with Gasteiger partial charge in [0.1, 0.15) is 0 Å². The molecular formula is C9H13Br. The van der Waals surface area contributed by atoms with E-state index in [-0.39, 0.29) is 0 Å². The lowest BCUT2D eigenvalue weighted by Gasteiger charge is -2.09. The van der Waals surface area contributed by atoms with Crippen molar-refractivity contribution in [3.63, 3.8) is 0 Å². The lowest BCUT2D eigenvalue weighted by atomic mass is 9.98. The van der Waals surface area contributed by atoms with Crippen molar-refractivity contribution >= 4 is 15.9 Å². The standard InChI is InChI=1S/C9H13Br/c1-8-2-4-9(5-3-8)6-7-10/h2,4H,3,5-7H2,1H3. The third kappa shape index (κ3) is 2.30. The fourth-order valence-electron chi connectivity index (χ4n) is 1.11. The second-order valence-corrected chi connectivity index (χ2v) is 3.57. The highest BCUT2D eigenvalue weighted by Gasteiger charge is 2.01. The van der Waals surface area contributed by atoms with Crippen LogP contribution in [0.25, 0.3) is 0 Å². The summed E-state index contributed by atoms with van der Waals surface area (Å²) in [5, 5.41) is 1.10. The van der Waals surface area contributed by atoms with E-state index in [1.165, 1.54) is 24.8 Å². The van der Waals surface area contributed by atoms with E-state index in [0.29, 0.717) is 0 Å². The molecule has 10 heavy (non-hydrogen) atoms. The summed E-state index contributed by atoms with van der Waals surface area (Å²) in [6.07, 6.45) is 8.25. The summed E-state index contributed by atoms with van der Waals surface area (Å²) in [5.41, 5.74) is 3.10. The van der Waals surface area contributed by atoms with Crippen molar-refractivity contribution in [2.45, 2.75) is 26.2 Å². The molecule has 0 saturated carbocycles. The molecule has 0 aromatic carbocycles. The topological polar surface area (TPSA) is 0 Å². The Morgan fingerprint density at radius 3 is 2.70 bits per heavy atom. The van der Waals surface area contributed by atoms with Crippen LogP contribution in [0.2, 0.25) is 0 Å². The molecule has 0 N–H and O–H groups in total. The van der Waals surface area contributed by atoms with Gasteiger partial charge in [0.25, 0.3) is 0 Å². The number of rotatable bonds is 2. The van der Waals surface area contributed by atoms with Crippen molar-refractivity contribution < 1.29 is 0 Å². The second kappa shape index (κ2) is 3.97. The zero-order valence-electron chi connectivity index (χ0n) is 6.36. The molecule has 0 bridgehead atoms. The summed E-state index contributed by atoms with van der Waals surface area (Å²) in [6.45, 7) is 2.20. The summed E-state index contributed by atoms with van der Waals surface area (Å²) in [6, 6.07) is 0. The van der Waals surface area contributed by atoms with E-state index < -0.39 is 0 Å². The maximum Gasteiger partial charge on any atom is 0.00686 e. The quantitative estimate of drug-likeness (QED) is 0.600. The molecule has 0 saturated heterocycles. The molecule has 0 heterocycles. The van der Waals surface area contributed by atoms with Crippen LogP contribution in [0.1, 0.15) is 26.2 Å². The van der Waals surface area contributed by atoms with Gasteiger partial charge in [0.05, 0.1) is 0 Å². The number of hydrogen-bond donors (Lipinski definition) is 0. The lowest BCUT2D eigenvalue weighted by Crippen LogP contribution is -1.91. The molecule has 1 aliphatic rings. The Morgan fingerprint density at radius 2 is 2.20 bits per heavy atom. The number of alkyl halides is 1. The van der Waals surface area contributed by atoms with Crippen LogP contribution in [0.4, 0.5) is 0 Å². The van der Waals surface area contributed by atoms with E-state index in [1.54, 1.807) is 5.57 Å². The van der Waals surface area contributed by atoms with Crippen LogP contribution >= 0.6 is 15.9 Å². The van der Waals surface area contributed by atoms with Crippen molar-refractivity contribution in [3.8, 4) is 0 Å². The van der Waals surface area contributed by atoms with Gasteiger partial charge < -0.3 is 0 Å². The normalized spacial score (nSPS) is 18.2. The fourth-order valence-corrected chi connectivity index (χ4v) is 1.62. The highest BCUT2D eigenvalue weighted by atomic mass is 79.9. The minimum atomic E-state index is 1.10. The molecule has 1 rings (SSSR count). The third-order valence-corrected chi connectivity index (χ3v) is 2.26. The summed E-state index contributed by atoms with van der Waals surface area (Å²) in [4.78, 5) is 0. The maximum atomic E-state index is 3.44. The summed E-state index contributed by atoms with van der Waals surface area (Å²) in [5.74, 6) is 0. The Labute approximate surface area is 71.1 Å². The number of halogens is 1. The molecular weight excluding hydrogens is 188 g/mol. The van der Waals surface area contributed by atoms with Gasteiger partial charge in [-0.25, -0.2) is 0 Å². The molecule has 1 heteroatoms. The molecule has 0 aromatic rings. The SMILES string of the molecule is CC1=CC=C(CCBr)CC1. The number of hydrogen-bond acceptors (Lipinski definition) is 0. The molecule has 0 atom stereocenters. The Morgan fingerprint density at radius 1 is 1.40 bits per heavy atom. The van der Waals surface area contributed by atoms with E-state index in [1.807, 2.05) is 0 Å². The first-order chi connectivity index (χ1) is 4.83. The first-order valence-corrected chi connectivity index (χ1v) is 4.86. The van der Waals surface area contributed by atoms with Crippen LogP contribution < -0.4 is 0 Å².